The summed E-state index contributed by atoms with van der Waals surface area (Å²) in [5.74, 6) is 2.52. The van der Waals surface area contributed by atoms with Crippen LogP contribution >= 0.6 is 0 Å². The van der Waals surface area contributed by atoms with Gasteiger partial charge in [-0.05, 0) is 127 Å². The third kappa shape index (κ3) is 6.10. The second-order valence-corrected chi connectivity index (χ2v) is 19.1. The number of carbonyl (C=O) groups is 1. The van der Waals surface area contributed by atoms with E-state index >= 15 is 0 Å². The van der Waals surface area contributed by atoms with Gasteiger partial charge < -0.3 is 10.2 Å². The van der Waals surface area contributed by atoms with Crippen molar-refractivity contribution in [1.29, 1.82) is 0 Å². The fourth-order valence-corrected chi connectivity index (χ4v) is 12.6. The van der Waals surface area contributed by atoms with Crippen LogP contribution in [0.15, 0.2) is 29.2 Å². The van der Waals surface area contributed by atoms with Crippen LogP contribution in [-0.4, -0.2) is 42.4 Å². The van der Waals surface area contributed by atoms with Crippen molar-refractivity contribution in [3.8, 4) is 0 Å². The van der Waals surface area contributed by atoms with Crippen LogP contribution < -0.4 is 0 Å². The Morgan fingerprint density at radius 1 is 0.955 bits per heavy atom. The van der Waals surface area contributed by atoms with Crippen molar-refractivity contribution in [3.63, 3.8) is 0 Å². The molecule has 4 saturated carbocycles. The van der Waals surface area contributed by atoms with E-state index in [0.717, 1.165) is 44.1 Å². The average molecular weight is 629 g/mol. The first-order valence-corrected chi connectivity index (χ1v) is 19.4. The highest BCUT2D eigenvalue weighted by Gasteiger charge is 2.64. The highest BCUT2D eigenvalue weighted by molar-refractivity contribution is 7.92. The van der Waals surface area contributed by atoms with Crippen molar-refractivity contribution in [2.75, 3.05) is 5.75 Å². The standard InChI is InChI=1S/C38H60O5S/c1-8-29-33-22-26(39)18-20-38(33,7)32-19-21-37(6)30(16-17-31(37)34(32)35(29)41)24(2)10-9-11-27(40)23-44(42,43)28-14-12-25(13-15-28)36(3,4)5/h12-15,24,26,29-35,39,41H,8-11,16-23H2,1-7H3/t24-,26-,29-,30-,31-,32+,33+,34+,35?,37-,38-/m1/s1. The minimum Gasteiger partial charge on any atom is -0.393 e. The maximum Gasteiger partial charge on any atom is 0.185 e. The van der Waals surface area contributed by atoms with Gasteiger partial charge in [0.05, 0.1) is 17.1 Å². The highest BCUT2D eigenvalue weighted by Crippen LogP contribution is 2.69. The highest BCUT2D eigenvalue weighted by atomic mass is 32.2. The number of aliphatic hydroxyl groups is 2. The summed E-state index contributed by atoms with van der Waals surface area (Å²) in [5.41, 5.74) is 1.43. The molecule has 1 aromatic carbocycles. The SMILES string of the molecule is CC[C@H]1C(O)[C@H]2[C@H]3CC[C@H]([C@H](C)CCCC(=O)CS(=O)(=O)c4ccc(C(C)(C)C)cc4)[C@@]3(C)CC[C@@H]2[C@@]2(C)CC[C@@H](O)C[C@@H]12. The number of Topliss-reactive ketones (excluding diaryl/α,β-unsaturated/α-hetero) is 1. The average Bonchev–Trinajstić information content (AvgIpc) is 3.30. The van der Waals surface area contributed by atoms with E-state index in [4.69, 9.17) is 0 Å². The molecule has 0 radical (unpaired) electrons. The lowest BCUT2D eigenvalue weighted by Gasteiger charge is -2.64. The first kappa shape index (κ1) is 34.1. The predicted octanol–water partition coefficient (Wildman–Crippen LogP) is 7.76. The van der Waals surface area contributed by atoms with Crippen molar-refractivity contribution in [3.05, 3.63) is 29.8 Å². The van der Waals surface area contributed by atoms with Gasteiger partial charge >= 0.3 is 0 Å². The van der Waals surface area contributed by atoms with Crippen LogP contribution in [-0.2, 0) is 20.0 Å². The molecule has 0 aromatic heterocycles. The lowest BCUT2D eigenvalue weighted by molar-refractivity contribution is -0.203. The van der Waals surface area contributed by atoms with Crippen LogP contribution in [0.2, 0.25) is 0 Å². The molecular formula is C38H60O5S. The zero-order valence-electron chi connectivity index (χ0n) is 28.5. The second-order valence-electron chi connectivity index (χ2n) is 17.1. The van der Waals surface area contributed by atoms with Gasteiger partial charge in [0.2, 0.25) is 0 Å². The van der Waals surface area contributed by atoms with Gasteiger partial charge in [-0.3, -0.25) is 4.79 Å². The smallest absolute Gasteiger partial charge is 0.185 e. The van der Waals surface area contributed by atoms with Crippen LogP contribution in [0.4, 0.5) is 0 Å². The van der Waals surface area contributed by atoms with Crippen LogP contribution in [0.1, 0.15) is 125 Å². The topological polar surface area (TPSA) is 91.7 Å². The number of hydrogen-bond donors (Lipinski definition) is 2. The van der Waals surface area contributed by atoms with Crippen molar-refractivity contribution in [2.45, 2.75) is 142 Å². The summed E-state index contributed by atoms with van der Waals surface area (Å²) < 4.78 is 25.9. The van der Waals surface area contributed by atoms with Crippen LogP contribution in [0.5, 0.6) is 0 Å². The van der Waals surface area contributed by atoms with Crippen LogP contribution in [0.25, 0.3) is 0 Å². The van der Waals surface area contributed by atoms with E-state index in [1.54, 1.807) is 12.1 Å². The fraction of sp³-hybridized carbons (Fsp3) is 0.816. The van der Waals surface area contributed by atoms with Gasteiger partial charge in [0.1, 0.15) is 11.5 Å². The van der Waals surface area contributed by atoms with Crippen molar-refractivity contribution in [2.24, 2.45) is 52.3 Å². The monoisotopic (exact) mass is 628 g/mol. The molecule has 2 N–H and O–H groups in total. The first-order valence-electron chi connectivity index (χ1n) is 17.7. The lowest BCUT2D eigenvalue weighted by atomic mass is 9.41. The maximum atomic E-state index is 13.0. The van der Waals surface area contributed by atoms with E-state index in [1.165, 1.54) is 25.7 Å². The molecule has 5 rings (SSSR count). The number of hydrogen-bond acceptors (Lipinski definition) is 5. The van der Waals surface area contributed by atoms with Gasteiger partial charge in [-0.25, -0.2) is 8.42 Å². The van der Waals surface area contributed by atoms with Crippen LogP contribution in [0.3, 0.4) is 0 Å². The van der Waals surface area contributed by atoms with Gasteiger partial charge in [-0.15, -0.1) is 0 Å². The Morgan fingerprint density at radius 2 is 1.59 bits per heavy atom. The van der Waals surface area contributed by atoms with Crippen molar-refractivity contribution in [1.82, 2.24) is 0 Å². The molecule has 44 heavy (non-hydrogen) atoms. The Kier molecular flexibility index (Phi) is 9.62. The fourth-order valence-electron chi connectivity index (χ4n) is 11.3. The molecule has 0 aliphatic heterocycles. The molecule has 5 nitrogen and oxygen atoms in total. The van der Waals surface area contributed by atoms with Gasteiger partial charge in [-0.2, -0.15) is 0 Å². The van der Waals surface area contributed by atoms with E-state index < -0.39 is 15.6 Å². The minimum atomic E-state index is -3.64. The molecule has 4 aliphatic carbocycles. The number of benzene rings is 1. The van der Waals surface area contributed by atoms with E-state index in [-0.39, 0.29) is 45.0 Å². The van der Waals surface area contributed by atoms with Gasteiger partial charge in [0, 0.05) is 6.42 Å². The molecule has 4 aliphatic rings. The molecular weight excluding hydrogens is 568 g/mol. The molecule has 11 atom stereocenters. The summed E-state index contributed by atoms with van der Waals surface area (Å²) in [5, 5.41) is 22.5. The Morgan fingerprint density at radius 3 is 2.23 bits per heavy atom. The number of carbonyl (C=O) groups excluding carboxylic acids is 1. The van der Waals surface area contributed by atoms with Crippen LogP contribution in [0, 0.1) is 52.3 Å². The molecule has 0 heterocycles. The quantitative estimate of drug-likeness (QED) is 0.292. The van der Waals surface area contributed by atoms with Gasteiger partial charge in [0.15, 0.2) is 9.84 Å². The molecule has 1 aromatic rings. The van der Waals surface area contributed by atoms with E-state index in [1.807, 2.05) is 12.1 Å². The molecule has 4 fully saturated rings. The van der Waals surface area contributed by atoms with Crippen molar-refractivity contribution >= 4 is 15.6 Å². The number of aliphatic hydroxyl groups excluding tert-OH is 2. The normalized spacial score (nSPS) is 39.7. The Balaban J connectivity index is 1.19. The number of rotatable bonds is 9. The second kappa shape index (κ2) is 12.4. The summed E-state index contributed by atoms with van der Waals surface area (Å²) in [6, 6.07) is 6.99. The molecule has 6 heteroatoms. The summed E-state index contributed by atoms with van der Waals surface area (Å²) >= 11 is 0. The largest absolute Gasteiger partial charge is 0.393 e. The molecule has 0 spiro atoms. The zero-order chi connectivity index (χ0) is 32.2. The Labute approximate surface area is 267 Å². The molecule has 248 valence electrons. The van der Waals surface area contributed by atoms with Gasteiger partial charge in [0.25, 0.3) is 0 Å². The van der Waals surface area contributed by atoms with E-state index in [2.05, 4.69) is 48.5 Å². The van der Waals surface area contributed by atoms with Crippen molar-refractivity contribution < 1.29 is 23.4 Å². The van der Waals surface area contributed by atoms with E-state index in [9.17, 15) is 23.4 Å². The third-order valence-corrected chi connectivity index (χ3v) is 15.4. The summed E-state index contributed by atoms with van der Waals surface area (Å²) in [4.78, 5) is 13.1. The molecule has 0 amide bonds. The minimum absolute atomic E-state index is 0.0558. The summed E-state index contributed by atoms with van der Waals surface area (Å²) in [6.45, 7) is 15.8. The number of ketones is 1. The number of sulfone groups is 1. The summed E-state index contributed by atoms with van der Waals surface area (Å²) in [6.07, 6.45) is 10.0. The molecule has 1 unspecified atom stereocenters. The third-order valence-electron chi connectivity index (χ3n) is 13.7. The maximum absolute atomic E-state index is 13.0. The first-order chi connectivity index (χ1) is 20.5. The van der Waals surface area contributed by atoms with Gasteiger partial charge in [-0.1, -0.05) is 73.4 Å². The number of fused-ring (bicyclic) bond motifs is 5. The zero-order valence-corrected chi connectivity index (χ0v) is 29.3. The van der Waals surface area contributed by atoms with E-state index in [0.29, 0.717) is 41.9 Å². The molecule has 0 saturated heterocycles. The molecule has 0 bridgehead atoms. The Bertz CT molecular complexity index is 1280. The predicted molar refractivity (Wildman–Crippen MR) is 177 cm³/mol. The Hall–Kier alpha value is -1.24. The summed E-state index contributed by atoms with van der Waals surface area (Å²) in [7, 11) is -3.64. The lowest BCUT2D eigenvalue weighted by Crippen LogP contribution is -2.62.